The Balaban J connectivity index is 1.63. The summed E-state index contributed by atoms with van der Waals surface area (Å²) in [7, 11) is 0. The van der Waals surface area contributed by atoms with Gasteiger partial charge in [0.1, 0.15) is 5.75 Å². The molecule has 0 spiro atoms. The van der Waals surface area contributed by atoms with Crippen LogP contribution in [0.15, 0.2) is 68.3 Å². The van der Waals surface area contributed by atoms with Gasteiger partial charge in [-0.1, -0.05) is 45.4 Å². The van der Waals surface area contributed by atoms with E-state index in [0.717, 1.165) is 10.2 Å². The number of halogens is 3. The molecule has 1 aromatic heterocycles. The van der Waals surface area contributed by atoms with Gasteiger partial charge in [0.15, 0.2) is 11.0 Å². The van der Waals surface area contributed by atoms with Crippen LogP contribution in [0.5, 0.6) is 5.75 Å². The predicted molar refractivity (Wildman–Crippen MR) is 144 cm³/mol. The van der Waals surface area contributed by atoms with Crippen molar-refractivity contribution in [2.45, 2.75) is 30.4 Å². The molecule has 2 aromatic carbocycles. The quantitative estimate of drug-likeness (QED) is 0.117. The predicted octanol–water partition coefficient (Wildman–Crippen LogP) is 5.59. The smallest absolute Gasteiger partial charge is 0.253 e. The zero-order valence-electron chi connectivity index (χ0n) is 18.0. The second-order valence-corrected chi connectivity index (χ2v) is 10.5. The van der Waals surface area contributed by atoms with Crippen LogP contribution in [0.1, 0.15) is 18.3 Å². The third kappa shape index (κ3) is 7.08. The van der Waals surface area contributed by atoms with Crippen LogP contribution < -0.4 is 10.7 Å². The topological polar surface area (TPSA) is 104 Å². The number of thioether (sulfide) groups is 1. The van der Waals surface area contributed by atoms with Gasteiger partial charge in [0.05, 0.1) is 22.5 Å². The van der Waals surface area contributed by atoms with E-state index in [1.165, 1.54) is 18.0 Å². The van der Waals surface area contributed by atoms with Crippen molar-refractivity contribution in [3.63, 3.8) is 0 Å². The second kappa shape index (κ2) is 12.4. The van der Waals surface area contributed by atoms with Gasteiger partial charge in [0.2, 0.25) is 0 Å². The Morgan fingerprint density at radius 2 is 2.06 bits per heavy atom. The molecule has 3 N–H and O–H groups in total. The van der Waals surface area contributed by atoms with E-state index in [4.69, 9.17) is 11.6 Å². The lowest BCUT2D eigenvalue weighted by atomic mass is 10.2. The number of hydrogen-bond donors (Lipinski definition) is 3. The highest BCUT2D eigenvalue weighted by Gasteiger charge is 2.19. The van der Waals surface area contributed by atoms with E-state index >= 15 is 0 Å². The molecule has 1 amide bonds. The fraction of sp³-hybridized carbons (Fsp3) is 0.182. The highest BCUT2D eigenvalue weighted by atomic mass is 79.9. The number of benzene rings is 2. The molecule has 0 fully saturated rings. The number of phenolic OH excluding ortho intramolecular Hbond substituents is 1. The van der Waals surface area contributed by atoms with Crippen molar-refractivity contribution in [1.29, 1.82) is 0 Å². The van der Waals surface area contributed by atoms with Crippen LogP contribution in [0.2, 0.25) is 5.02 Å². The van der Waals surface area contributed by atoms with E-state index in [0.29, 0.717) is 39.1 Å². The third-order valence-electron chi connectivity index (χ3n) is 4.49. The molecule has 0 aliphatic carbocycles. The van der Waals surface area contributed by atoms with E-state index in [9.17, 15) is 9.90 Å². The summed E-state index contributed by atoms with van der Waals surface area (Å²) in [6, 6.07) is 10.8. The number of rotatable bonds is 10. The number of nitrogens with zero attached hydrogens (tertiary/aromatic N) is 4. The normalized spacial score (nSPS) is 12.0. The lowest BCUT2D eigenvalue weighted by Gasteiger charge is -2.12. The Morgan fingerprint density at radius 1 is 1.32 bits per heavy atom. The molecule has 178 valence electrons. The summed E-state index contributed by atoms with van der Waals surface area (Å²) in [5, 5.41) is 26.6. The molecule has 34 heavy (non-hydrogen) atoms. The molecular weight excluding hydrogens is 608 g/mol. The Labute approximate surface area is 223 Å². The molecular formula is C22H21Br2ClN6O2S. The summed E-state index contributed by atoms with van der Waals surface area (Å²) < 4.78 is 3.17. The molecule has 0 saturated carbocycles. The van der Waals surface area contributed by atoms with Gasteiger partial charge >= 0.3 is 0 Å². The Bertz CT molecular complexity index is 1200. The van der Waals surface area contributed by atoms with Crippen molar-refractivity contribution >= 4 is 73.0 Å². The van der Waals surface area contributed by atoms with E-state index in [1.54, 1.807) is 37.3 Å². The number of allylic oxidation sites excluding steroid dienone is 1. The van der Waals surface area contributed by atoms with E-state index in [-0.39, 0.29) is 11.7 Å². The molecule has 12 heteroatoms. The van der Waals surface area contributed by atoms with Crippen LogP contribution in [0.25, 0.3) is 0 Å². The summed E-state index contributed by atoms with van der Waals surface area (Å²) in [5.74, 6) is 0.420. The van der Waals surface area contributed by atoms with Crippen LogP contribution >= 0.6 is 55.2 Å². The summed E-state index contributed by atoms with van der Waals surface area (Å²) in [5.41, 5.74) is 3.85. The van der Waals surface area contributed by atoms with Crippen molar-refractivity contribution in [3.05, 3.63) is 74.4 Å². The zero-order chi connectivity index (χ0) is 24.7. The molecule has 0 aliphatic heterocycles. The van der Waals surface area contributed by atoms with Crippen LogP contribution in [0.3, 0.4) is 0 Å². The molecule has 1 atom stereocenters. The SMILES string of the molecule is C=CCn1c(CNc2ccc(Cl)cc2)nnc1SC(C)C(=O)N/N=C/c1cc(Br)cc(Br)c1O. The second-order valence-electron chi connectivity index (χ2n) is 6.98. The summed E-state index contributed by atoms with van der Waals surface area (Å²) in [6.45, 7) is 6.49. The number of aromatic hydroxyl groups is 1. The van der Waals surface area contributed by atoms with Gasteiger partial charge in [0, 0.05) is 27.3 Å². The molecule has 3 aromatic rings. The number of anilines is 1. The van der Waals surface area contributed by atoms with Crippen LogP contribution in [-0.4, -0.2) is 37.2 Å². The first-order valence-electron chi connectivity index (χ1n) is 9.98. The summed E-state index contributed by atoms with van der Waals surface area (Å²) >= 11 is 13.8. The number of amides is 1. The fourth-order valence-electron chi connectivity index (χ4n) is 2.75. The van der Waals surface area contributed by atoms with Crippen molar-refractivity contribution in [1.82, 2.24) is 20.2 Å². The highest BCUT2D eigenvalue weighted by Crippen LogP contribution is 2.30. The first-order chi connectivity index (χ1) is 16.3. The molecule has 0 radical (unpaired) electrons. The molecule has 8 nitrogen and oxygen atoms in total. The van der Waals surface area contributed by atoms with E-state index in [2.05, 4.69) is 64.5 Å². The minimum Gasteiger partial charge on any atom is -0.506 e. The minimum absolute atomic E-state index is 0.0286. The van der Waals surface area contributed by atoms with Gasteiger partial charge in [-0.15, -0.1) is 16.8 Å². The van der Waals surface area contributed by atoms with Gasteiger partial charge in [0.25, 0.3) is 5.91 Å². The van der Waals surface area contributed by atoms with Crippen molar-refractivity contribution in [3.8, 4) is 5.75 Å². The van der Waals surface area contributed by atoms with Gasteiger partial charge in [-0.05, 0) is 59.3 Å². The van der Waals surface area contributed by atoms with Crippen LogP contribution in [0, 0.1) is 0 Å². The Morgan fingerprint density at radius 3 is 2.76 bits per heavy atom. The van der Waals surface area contributed by atoms with E-state index < -0.39 is 5.25 Å². The number of nitrogens with one attached hydrogen (secondary N) is 2. The largest absolute Gasteiger partial charge is 0.506 e. The number of hydrazone groups is 1. The average molecular weight is 629 g/mol. The monoisotopic (exact) mass is 626 g/mol. The van der Waals surface area contributed by atoms with Crippen molar-refractivity contribution in [2.24, 2.45) is 5.10 Å². The Hall–Kier alpha value is -2.34. The number of hydrogen-bond acceptors (Lipinski definition) is 7. The first kappa shape index (κ1) is 26.3. The molecule has 1 unspecified atom stereocenters. The molecule has 0 aliphatic rings. The third-order valence-corrected chi connectivity index (χ3v) is 6.88. The highest BCUT2D eigenvalue weighted by molar-refractivity contribution is 9.11. The van der Waals surface area contributed by atoms with Crippen molar-refractivity contribution in [2.75, 3.05) is 5.32 Å². The molecule has 3 rings (SSSR count). The number of aromatic nitrogens is 3. The number of phenols is 1. The van der Waals surface area contributed by atoms with Crippen LogP contribution in [-0.2, 0) is 17.9 Å². The average Bonchev–Trinajstić information content (AvgIpc) is 3.17. The number of carbonyl (C=O) groups is 1. The van der Waals surface area contributed by atoms with Crippen molar-refractivity contribution < 1.29 is 9.90 Å². The van der Waals surface area contributed by atoms with Crippen LogP contribution in [0.4, 0.5) is 5.69 Å². The first-order valence-corrected chi connectivity index (χ1v) is 12.8. The maximum atomic E-state index is 12.5. The lowest BCUT2D eigenvalue weighted by molar-refractivity contribution is -0.120. The lowest BCUT2D eigenvalue weighted by Crippen LogP contribution is -2.27. The Kier molecular flexibility index (Phi) is 9.57. The summed E-state index contributed by atoms with van der Waals surface area (Å²) in [6.07, 6.45) is 3.12. The molecule has 0 saturated heterocycles. The molecule has 0 bridgehead atoms. The molecule has 1 heterocycles. The maximum absolute atomic E-state index is 12.5. The number of carbonyl (C=O) groups excluding carboxylic acids is 1. The van der Waals surface area contributed by atoms with Gasteiger partial charge in [-0.2, -0.15) is 5.10 Å². The zero-order valence-corrected chi connectivity index (χ0v) is 22.7. The minimum atomic E-state index is -0.496. The standard InChI is InChI=1S/C22H21Br2ClN6O2S/c1-3-8-31-19(12-26-17-6-4-16(25)5-7-17)28-30-22(31)34-13(2)21(33)29-27-11-14-9-15(23)10-18(24)20(14)32/h3-7,9-11,13,26,32H,1,8,12H2,2H3,(H,29,33)/b27-11+. The fourth-order valence-corrected chi connectivity index (χ4v) is 5.01. The van der Waals surface area contributed by atoms with Gasteiger partial charge in [-0.25, -0.2) is 5.43 Å². The maximum Gasteiger partial charge on any atom is 0.253 e. The summed E-state index contributed by atoms with van der Waals surface area (Å²) in [4.78, 5) is 12.5. The van der Waals surface area contributed by atoms with Gasteiger partial charge < -0.3 is 15.0 Å². The van der Waals surface area contributed by atoms with Gasteiger partial charge in [-0.3, -0.25) is 4.79 Å². The van der Waals surface area contributed by atoms with E-state index in [1.807, 2.05) is 16.7 Å².